The minimum absolute atomic E-state index is 0.132. The third-order valence-electron chi connectivity index (χ3n) is 4.70. The van der Waals surface area contributed by atoms with Crippen molar-refractivity contribution in [1.82, 2.24) is 14.9 Å². The number of aromatic nitrogens is 2. The van der Waals surface area contributed by atoms with Crippen LogP contribution >= 0.6 is 0 Å². The molecule has 0 saturated heterocycles. The summed E-state index contributed by atoms with van der Waals surface area (Å²) in [6.07, 6.45) is 1.75. The van der Waals surface area contributed by atoms with Crippen LogP contribution in [0.4, 0.5) is 0 Å². The summed E-state index contributed by atoms with van der Waals surface area (Å²) in [7, 11) is 0. The van der Waals surface area contributed by atoms with Gasteiger partial charge in [0.1, 0.15) is 17.3 Å². The second-order valence-electron chi connectivity index (χ2n) is 6.62. The van der Waals surface area contributed by atoms with Crippen molar-refractivity contribution in [3.05, 3.63) is 95.6 Å². The van der Waals surface area contributed by atoms with Crippen LogP contribution in [0.25, 0.3) is 17.1 Å². The molecular formula is C23H21N3O2. The van der Waals surface area contributed by atoms with E-state index in [-0.39, 0.29) is 5.91 Å². The number of aryl methyl sites for hydroxylation is 1. The maximum absolute atomic E-state index is 12.7. The molecule has 5 heteroatoms. The number of nitrogens with one attached hydrogen (secondary N) is 1. The Balaban J connectivity index is 1.49. The SMILES string of the molecule is Cc1cc(C(=O)NCc2ccc(-c3ccccc3)o2)c(C)n1-c1ccccn1. The standard InChI is InChI=1S/C23H21N3O2/c1-16-14-20(17(2)26(16)22-10-6-7-13-24-22)23(27)25-15-19-11-12-21(28-19)18-8-4-3-5-9-18/h3-14H,15H2,1-2H3,(H,25,27). The highest BCUT2D eigenvalue weighted by molar-refractivity contribution is 5.95. The average molecular weight is 371 g/mol. The first kappa shape index (κ1) is 17.8. The third kappa shape index (κ3) is 3.47. The number of carbonyl (C=O) groups excluding carboxylic acids is 1. The molecule has 0 radical (unpaired) electrons. The fraction of sp³-hybridized carbons (Fsp3) is 0.130. The lowest BCUT2D eigenvalue weighted by molar-refractivity contribution is 0.0947. The van der Waals surface area contributed by atoms with Gasteiger partial charge in [-0.25, -0.2) is 4.98 Å². The smallest absolute Gasteiger partial charge is 0.253 e. The number of carbonyl (C=O) groups is 1. The zero-order chi connectivity index (χ0) is 19.5. The van der Waals surface area contributed by atoms with E-state index in [0.29, 0.717) is 17.9 Å². The van der Waals surface area contributed by atoms with Gasteiger partial charge in [-0.05, 0) is 44.2 Å². The number of nitrogens with zero attached hydrogens (tertiary/aromatic N) is 2. The first-order valence-electron chi connectivity index (χ1n) is 9.16. The highest BCUT2D eigenvalue weighted by atomic mass is 16.3. The average Bonchev–Trinajstić information content (AvgIpc) is 3.32. The fourth-order valence-corrected chi connectivity index (χ4v) is 3.32. The summed E-state index contributed by atoms with van der Waals surface area (Å²) in [5, 5.41) is 2.95. The predicted octanol–water partition coefficient (Wildman–Crippen LogP) is 4.68. The Morgan fingerprint density at radius 2 is 1.82 bits per heavy atom. The number of hydrogen-bond donors (Lipinski definition) is 1. The molecule has 0 unspecified atom stereocenters. The zero-order valence-electron chi connectivity index (χ0n) is 15.8. The van der Waals surface area contributed by atoms with Crippen molar-refractivity contribution in [3.8, 4) is 17.1 Å². The van der Waals surface area contributed by atoms with Gasteiger partial charge in [-0.1, -0.05) is 36.4 Å². The van der Waals surface area contributed by atoms with E-state index in [4.69, 9.17) is 4.42 Å². The molecule has 0 saturated carbocycles. The first-order valence-corrected chi connectivity index (χ1v) is 9.16. The summed E-state index contributed by atoms with van der Waals surface area (Å²) in [5.41, 5.74) is 3.47. The van der Waals surface area contributed by atoms with Crippen LogP contribution in [0.5, 0.6) is 0 Å². The number of hydrogen-bond acceptors (Lipinski definition) is 3. The van der Waals surface area contributed by atoms with Gasteiger partial charge in [0.2, 0.25) is 0 Å². The summed E-state index contributed by atoms with van der Waals surface area (Å²) in [5.74, 6) is 2.17. The summed E-state index contributed by atoms with van der Waals surface area (Å²) in [6.45, 7) is 4.23. The second-order valence-corrected chi connectivity index (χ2v) is 6.62. The number of benzene rings is 1. The summed E-state index contributed by atoms with van der Waals surface area (Å²) in [4.78, 5) is 17.1. The van der Waals surface area contributed by atoms with Gasteiger partial charge < -0.3 is 14.3 Å². The van der Waals surface area contributed by atoms with Crippen molar-refractivity contribution in [2.75, 3.05) is 0 Å². The van der Waals surface area contributed by atoms with Crippen LogP contribution in [0.1, 0.15) is 27.5 Å². The van der Waals surface area contributed by atoms with E-state index >= 15 is 0 Å². The van der Waals surface area contributed by atoms with E-state index < -0.39 is 0 Å². The van der Waals surface area contributed by atoms with E-state index in [1.807, 2.05) is 85.1 Å². The molecule has 1 aromatic carbocycles. The number of amides is 1. The van der Waals surface area contributed by atoms with Crippen molar-refractivity contribution >= 4 is 5.91 Å². The van der Waals surface area contributed by atoms with Crippen LogP contribution in [0, 0.1) is 13.8 Å². The Hall–Kier alpha value is -3.60. The Morgan fingerprint density at radius 1 is 1.04 bits per heavy atom. The molecule has 0 bridgehead atoms. The van der Waals surface area contributed by atoms with Crippen LogP contribution in [0.3, 0.4) is 0 Å². The van der Waals surface area contributed by atoms with Crippen molar-refractivity contribution in [2.24, 2.45) is 0 Å². The highest BCUT2D eigenvalue weighted by Crippen LogP contribution is 2.22. The molecule has 1 N–H and O–H groups in total. The third-order valence-corrected chi connectivity index (χ3v) is 4.70. The molecule has 0 aliphatic rings. The van der Waals surface area contributed by atoms with Crippen molar-refractivity contribution in [1.29, 1.82) is 0 Å². The molecule has 4 rings (SSSR count). The summed E-state index contributed by atoms with van der Waals surface area (Å²) < 4.78 is 7.84. The molecule has 0 aliphatic carbocycles. The Labute approximate surface area is 163 Å². The van der Waals surface area contributed by atoms with E-state index in [1.54, 1.807) is 6.20 Å². The molecule has 0 aliphatic heterocycles. The van der Waals surface area contributed by atoms with Gasteiger partial charge in [0.15, 0.2) is 0 Å². The van der Waals surface area contributed by atoms with E-state index in [9.17, 15) is 4.79 Å². The second kappa shape index (κ2) is 7.56. The number of pyridine rings is 1. The Morgan fingerprint density at radius 3 is 2.57 bits per heavy atom. The maximum atomic E-state index is 12.7. The maximum Gasteiger partial charge on any atom is 0.253 e. The summed E-state index contributed by atoms with van der Waals surface area (Å²) in [6, 6.07) is 21.3. The largest absolute Gasteiger partial charge is 0.459 e. The van der Waals surface area contributed by atoms with Crippen molar-refractivity contribution in [2.45, 2.75) is 20.4 Å². The predicted molar refractivity (Wildman–Crippen MR) is 108 cm³/mol. The van der Waals surface area contributed by atoms with E-state index in [1.165, 1.54) is 0 Å². The molecular weight excluding hydrogens is 350 g/mol. The van der Waals surface area contributed by atoms with Crippen molar-refractivity contribution < 1.29 is 9.21 Å². The van der Waals surface area contributed by atoms with Crippen molar-refractivity contribution in [3.63, 3.8) is 0 Å². The molecule has 3 aromatic heterocycles. The van der Waals surface area contributed by atoms with Gasteiger partial charge in [-0.3, -0.25) is 4.79 Å². The molecule has 28 heavy (non-hydrogen) atoms. The van der Waals surface area contributed by atoms with Crippen LogP contribution < -0.4 is 5.32 Å². The molecule has 0 fully saturated rings. The monoisotopic (exact) mass is 371 g/mol. The lowest BCUT2D eigenvalue weighted by Crippen LogP contribution is -2.23. The normalized spacial score (nSPS) is 10.8. The molecule has 0 spiro atoms. The highest BCUT2D eigenvalue weighted by Gasteiger charge is 2.17. The van der Waals surface area contributed by atoms with Gasteiger partial charge in [0, 0.05) is 23.1 Å². The Kier molecular flexibility index (Phi) is 4.81. The van der Waals surface area contributed by atoms with Gasteiger partial charge in [0.25, 0.3) is 5.91 Å². The molecule has 3 heterocycles. The Bertz CT molecular complexity index is 1100. The lowest BCUT2D eigenvalue weighted by Gasteiger charge is -2.08. The minimum Gasteiger partial charge on any atom is -0.459 e. The zero-order valence-corrected chi connectivity index (χ0v) is 15.8. The number of furan rings is 1. The minimum atomic E-state index is -0.132. The van der Waals surface area contributed by atoms with Crippen LogP contribution in [-0.2, 0) is 6.54 Å². The topological polar surface area (TPSA) is 60.1 Å². The number of rotatable bonds is 5. The molecule has 4 aromatic rings. The van der Waals surface area contributed by atoms with Crippen LogP contribution in [0.15, 0.2) is 77.3 Å². The molecule has 5 nitrogen and oxygen atoms in total. The van der Waals surface area contributed by atoms with E-state index in [0.717, 1.165) is 28.5 Å². The first-order chi connectivity index (χ1) is 13.6. The fourth-order valence-electron chi connectivity index (χ4n) is 3.32. The molecule has 1 amide bonds. The summed E-state index contributed by atoms with van der Waals surface area (Å²) >= 11 is 0. The quantitative estimate of drug-likeness (QED) is 0.554. The van der Waals surface area contributed by atoms with Gasteiger partial charge >= 0.3 is 0 Å². The van der Waals surface area contributed by atoms with Gasteiger partial charge in [-0.15, -0.1) is 0 Å². The molecule has 0 atom stereocenters. The lowest BCUT2D eigenvalue weighted by atomic mass is 10.2. The van der Waals surface area contributed by atoms with Gasteiger partial charge in [0.05, 0.1) is 12.1 Å². The van der Waals surface area contributed by atoms with Crippen LogP contribution in [0.2, 0.25) is 0 Å². The van der Waals surface area contributed by atoms with E-state index in [2.05, 4.69) is 10.3 Å². The van der Waals surface area contributed by atoms with Crippen LogP contribution in [-0.4, -0.2) is 15.5 Å². The molecule has 140 valence electrons. The van der Waals surface area contributed by atoms with Gasteiger partial charge in [-0.2, -0.15) is 0 Å².